The predicted octanol–water partition coefficient (Wildman–Crippen LogP) is 3.14. The monoisotopic (exact) mass is 272 g/mol. The molecule has 0 fully saturated rings. The number of H-pyrrole nitrogens is 1. The summed E-state index contributed by atoms with van der Waals surface area (Å²) in [6.45, 7) is 5.90. The molecule has 0 aliphatic heterocycles. The summed E-state index contributed by atoms with van der Waals surface area (Å²) in [4.78, 5) is 26.5. The molecule has 1 amide bonds. The number of benzene rings is 1. The number of aryl methyl sites for hydroxylation is 1. The molecule has 1 aromatic carbocycles. The maximum atomic E-state index is 12.0. The molecule has 4 nitrogen and oxygen atoms in total. The van der Waals surface area contributed by atoms with Gasteiger partial charge >= 0.3 is 0 Å². The van der Waals surface area contributed by atoms with Gasteiger partial charge in [0.15, 0.2) is 0 Å². The number of carbonyl (C=O) groups excluding carboxylic acids is 1. The molecule has 0 aliphatic carbocycles. The minimum atomic E-state index is -0.0467. The van der Waals surface area contributed by atoms with Gasteiger partial charge in [-0.25, -0.2) is 0 Å². The van der Waals surface area contributed by atoms with Gasteiger partial charge in [-0.15, -0.1) is 0 Å². The van der Waals surface area contributed by atoms with Gasteiger partial charge in [0.25, 0.3) is 5.56 Å². The third-order valence-corrected chi connectivity index (χ3v) is 3.51. The lowest BCUT2D eigenvalue weighted by molar-refractivity contribution is -0.116. The molecular formula is C16H20N2O2. The number of hydrogen-bond acceptors (Lipinski definition) is 2. The maximum Gasteiger partial charge on any atom is 0.251 e. The Balaban J connectivity index is 2.45. The fourth-order valence-electron chi connectivity index (χ4n) is 2.46. The first kappa shape index (κ1) is 14.3. The van der Waals surface area contributed by atoms with E-state index in [-0.39, 0.29) is 11.5 Å². The fraction of sp³-hybridized carbons (Fsp3) is 0.375. The third kappa shape index (κ3) is 2.74. The predicted molar refractivity (Wildman–Crippen MR) is 82.2 cm³/mol. The summed E-state index contributed by atoms with van der Waals surface area (Å²) >= 11 is 0. The second-order valence-corrected chi connectivity index (χ2v) is 4.97. The number of fused-ring (bicyclic) bond motifs is 1. The summed E-state index contributed by atoms with van der Waals surface area (Å²) in [6, 6.07) is 5.64. The second kappa shape index (κ2) is 5.90. The van der Waals surface area contributed by atoms with Crippen LogP contribution in [-0.4, -0.2) is 10.9 Å². The molecule has 0 atom stereocenters. The zero-order valence-electron chi connectivity index (χ0n) is 12.2. The van der Waals surface area contributed by atoms with Crippen molar-refractivity contribution in [1.82, 2.24) is 4.98 Å². The van der Waals surface area contributed by atoms with E-state index in [4.69, 9.17) is 0 Å². The number of rotatable bonds is 4. The zero-order valence-corrected chi connectivity index (χ0v) is 12.2. The second-order valence-electron chi connectivity index (χ2n) is 4.97. The third-order valence-electron chi connectivity index (χ3n) is 3.51. The van der Waals surface area contributed by atoms with Crippen LogP contribution in [0.3, 0.4) is 0 Å². The smallest absolute Gasteiger partial charge is 0.251 e. The number of anilines is 1. The van der Waals surface area contributed by atoms with E-state index in [0.29, 0.717) is 12.8 Å². The van der Waals surface area contributed by atoms with Gasteiger partial charge in [0, 0.05) is 23.1 Å². The Morgan fingerprint density at radius 3 is 2.70 bits per heavy atom. The molecule has 4 heteroatoms. The van der Waals surface area contributed by atoms with Gasteiger partial charge < -0.3 is 10.3 Å². The number of hydrogen-bond donors (Lipinski definition) is 2. The fourth-order valence-corrected chi connectivity index (χ4v) is 2.46. The van der Waals surface area contributed by atoms with E-state index in [0.717, 1.165) is 34.1 Å². The van der Waals surface area contributed by atoms with Crippen molar-refractivity contribution in [3.63, 3.8) is 0 Å². The van der Waals surface area contributed by atoms with E-state index in [1.807, 2.05) is 39.0 Å². The molecule has 1 heterocycles. The first-order valence-corrected chi connectivity index (χ1v) is 7.02. The first-order chi connectivity index (χ1) is 9.56. The van der Waals surface area contributed by atoms with Gasteiger partial charge in [-0.1, -0.05) is 19.9 Å². The molecule has 0 radical (unpaired) electrons. The van der Waals surface area contributed by atoms with Crippen molar-refractivity contribution in [2.75, 3.05) is 5.32 Å². The average molecular weight is 272 g/mol. The van der Waals surface area contributed by atoms with Crippen LogP contribution in [0.15, 0.2) is 23.0 Å². The molecule has 20 heavy (non-hydrogen) atoms. The Morgan fingerprint density at radius 2 is 2.05 bits per heavy atom. The van der Waals surface area contributed by atoms with Gasteiger partial charge in [0.05, 0.1) is 5.52 Å². The van der Waals surface area contributed by atoms with Crippen LogP contribution in [0.1, 0.15) is 37.8 Å². The van der Waals surface area contributed by atoms with Gasteiger partial charge in [0.2, 0.25) is 5.91 Å². The SMILES string of the molecule is CCCC(=O)Nc1ccc2c(C)c(CC)c(=O)[nH]c2c1. The number of nitrogens with one attached hydrogen (secondary N) is 2. The van der Waals surface area contributed by atoms with E-state index >= 15 is 0 Å². The Morgan fingerprint density at radius 1 is 1.30 bits per heavy atom. The van der Waals surface area contributed by atoms with Crippen LogP contribution in [0.4, 0.5) is 5.69 Å². The average Bonchev–Trinajstić information content (AvgIpc) is 2.39. The van der Waals surface area contributed by atoms with Gasteiger partial charge in [-0.2, -0.15) is 0 Å². The number of carbonyl (C=O) groups is 1. The van der Waals surface area contributed by atoms with Gasteiger partial charge in [-0.3, -0.25) is 9.59 Å². The lowest BCUT2D eigenvalue weighted by Crippen LogP contribution is -2.15. The molecule has 106 valence electrons. The molecular weight excluding hydrogens is 252 g/mol. The maximum absolute atomic E-state index is 12.0. The molecule has 0 aliphatic rings. The summed E-state index contributed by atoms with van der Waals surface area (Å²) < 4.78 is 0. The highest BCUT2D eigenvalue weighted by Gasteiger charge is 2.08. The van der Waals surface area contributed by atoms with E-state index in [1.165, 1.54) is 0 Å². The molecule has 0 spiro atoms. The lowest BCUT2D eigenvalue weighted by Gasteiger charge is -2.09. The standard InChI is InChI=1S/C16H20N2O2/c1-4-6-15(19)17-11-7-8-13-10(3)12(5-2)16(20)18-14(13)9-11/h7-9H,4-6H2,1-3H3,(H,17,19)(H,18,20). The number of aromatic amines is 1. The molecule has 2 aromatic rings. The summed E-state index contributed by atoms with van der Waals surface area (Å²) in [7, 11) is 0. The van der Waals surface area contributed by atoms with Gasteiger partial charge in [-0.05, 0) is 37.5 Å². The van der Waals surface area contributed by atoms with E-state index in [2.05, 4.69) is 10.3 Å². The van der Waals surface area contributed by atoms with Crippen molar-refractivity contribution in [2.45, 2.75) is 40.0 Å². The van der Waals surface area contributed by atoms with Crippen molar-refractivity contribution in [3.05, 3.63) is 39.7 Å². The Labute approximate surface area is 118 Å². The van der Waals surface area contributed by atoms with Crippen LogP contribution < -0.4 is 10.9 Å². The van der Waals surface area contributed by atoms with Crippen LogP contribution in [-0.2, 0) is 11.2 Å². The highest BCUT2D eigenvalue weighted by molar-refractivity contribution is 5.94. The lowest BCUT2D eigenvalue weighted by atomic mass is 10.0. The molecule has 2 rings (SSSR count). The Bertz CT molecular complexity index is 701. The Hall–Kier alpha value is -2.10. The highest BCUT2D eigenvalue weighted by Crippen LogP contribution is 2.21. The van der Waals surface area contributed by atoms with Gasteiger partial charge in [0.1, 0.15) is 0 Å². The van der Waals surface area contributed by atoms with Crippen molar-refractivity contribution in [1.29, 1.82) is 0 Å². The number of amides is 1. The van der Waals surface area contributed by atoms with Crippen LogP contribution in [0, 0.1) is 6.92 Å². The highest BCUT2D eigenvalue weighted by atomic mass is 16.1. The van der Waals surface area contributed by atoms with Crippen LogP contribution >= 0.6 is 0 Å². The molecule has 0 saturated heterocycles. The van der Waals surface area contributed by atoms with Crippen molar-refractivity contribution >= 4 is 22.5 Å². The molecule has 0 saturated carbocycles. The molecule has 0 unspecified atom stereocenters. The first-order valence-electron chi connectivity index (χ1n) is 7.02. The summed E-state index contributed by atoms with van der Waals surface area (Å²) in [6.07, 6.45) is 2.03. The van der Waals surface area contributed by atoms with Crippen LogP contribution in [0.25, 0.3) is 10.9 Å². The van der Waals surface area contributed by atoms with E-state index in [9.17, 15) is 9.59 Å². The largest absolute Gasteiger partial charge is 0.326 e. The van der Waals surface area contributed by atoms with Crippen molar-refractivity contribution in [3.8, 4) is 0 Å². The molecule has 2 N–H and O–H groups in total. The van der Waals surface area contributed by atoms with Crippen molar-refractivity contribution in [2.24, 2.45) is 0 Å². The van der Waals surface area contributed by atoms with Crippen LogP contribution in [0.5, 0.6) is 0 Å². The number of aromatic nitrogens is 1. The van der Waals surface area contributed by atoms with Crippen LogP contribution in [0.2, 0.25) is 0 Å². The summed E-state index contributed by atoms with van der Waals surface area (Å²) in [5.41, 5.74) is 3.27. The minimum absolute atomic E-state index is 0.00361. The summed E-state index contributed by atoms with van der Waals surface area (Å²) in [5.74, 6) is -0.00361. The molecule has 0 bridgehead atoms. The normalized spacial score (nSPS) is 10.8. The Kier molecular flexibility index (Phi) is 4.23. The van der Waals surface area contributed by atoms with E-state index < -0.39 is 0 Å². The summed E-state index contributed by atoms with van der Waals surface area (Å²) in [5, 5.41) is 3.86. The topological polar surface area (TPSA) is 62.0 Å². The quantitative estimate of drug-likeness (QED) is 0.898. The number of pyridine rings is 1. The van der Waals surface area contributed by atoms with Crippen molar-refractivity contribution < 1.29 is 4.79 Å². The minimum Gasteiger partial charge on any atom is -0.326 e. The zero-order chi connectivity index (χ0) is 14.7. The molecule has 1 aromatic heterocycles. The van der Waals surface area contributed by atoms with E-state index in [1.54, 1.807) is 0 Å².